The summed E-state index contributed by atoms with van der Waals surface area (Å²) in [5.74, 6) is 1.99. The number of hydrogen-bond acceptors (Lipinski definition) is 5. The summed E-state index contributed by atoms with van der Waals surface area (Å²) in [6.07, 6.45) is -0.282. The second kappa shape index (κ2) is 5.66. The Balaban J connectivity index is 1.51. The lowest BCUT2D eigenvalue weighted by Gasteiger charge is -2.33. The molecule has 1 saturated heterocycles. The molecule has 7 heteroatoms. The van der Waals surface area contributed by atoms with Crippen LogP contribution in [0.25, 0.3) is 0 Å². The molecule has 1 aromatic carbocycles. The lowest BCUT2D eigenvalue weighted by atomic mass is 9.99. The van der Waals surface area contributed by atoms with Crippen molar-refractivity contribution in [1.82, 2.24) is 20.1 Å². The van der Waals surface area contributed by atoms with E-state index in [9.17, 15) is 4.79 Å². The third kappa shape index (κ3) is 2.57. The largest absolute Gasteiger partial charge is 0.492 e. The van der Waals surface area contributed by atoms with Crippen molar-refractivity contribution in [3.05, 3.63) is 41.5 Å². The van der Waals surface area contributed by atoms with E-state index in [4.69, 9.17) is 9.47 Å². The maximum Gasteiger partial charge on any atom is 0.233 e. The number of carbonyl (C=O) groups excluding carboxylic acids is 1. The molecule has 0 spiro atoms. The van der Waals surface area contributed by atoms with Crippen LogP contribution in [0.1, 0.15) is 29.2 Å². The van der Waals surface area contributed by atoms with Gasteiger partial charge in [0.15, 0.2) is 5.82 Å². The number of benzene rings is 1. The van der Waals surface area contributed by atoms with Gasteiger partial charge in [-0.2, -0.15) is 5.10 Å². The molecule has 0 radical (unpaired) electrons. The van der Waals surface area contributed by atoms with E-state index in [-0.39, 0.29) is 17.9 Å². The number of ether oxygens (including phenoxy) is 2. The third-order valence-electron chi connectivity index (χ3n) is 4.28. The van der Waals surface area contributed by atoms with Crippen molar-refractivity contribution in [3.63, 3.8) is 0 Å². The van der Waals surface area contributed by atoms with E-state index >= 15 is 0 Å². The Kier molecular flexibility index (Phi) is 3.49. The molecule has 0 aliphatic carbocycles. The zero-order valence-corrected chi connectivity index (χ0v) is 12.9. The smallest absolute Gasteiger partial charge is 0.233 e. The second-order valence-electron chi connectivity index (χ2n) is 5.82. The van der Waals surface area contributed by atoms with Gasteiger partial charge in [0.2, 0.25) is 5.91 Å². The van der Waals surface area contributed by atoms with Crippen LogP contribution in [0.2, 0.25) is 0 Å². The molecule has 0 unspecified atom stereocenters. The molecule has 2 aliphatic rings. The van der Waals surface area contributed by atoms with E-state index in [1.54, 1.807) is 0 Å². The number of morpholine rings is 1. The quantitative estimate of drug-likeness (QED) is 0.900. The maximum absolute atomic E-state index is 12.9. The van der Waals surface area contributed by atoms with Crippen LogP contribution in [0.5, 0.6) is 5.75 Å². The number of carbonyl (C=O) groups is 1. The van der Waals surface area contributed by atoms with E-state index in [0.29, 0.717) is 32.1 Å². The molecule has 1 amide bonds. The van der Waals surface area contributed by atoms with Gasteiger partial charge in [0.05, 0.1) is 13.2 Å². The van der Waals surface area contributed by atoms with E-state index in [0.717, 1.165) is 17.1 Å². The van der Waals surface area contributed by atoms with Crippen molar-refractivity contribution in [2.45, 2.75) is 18.9 Å². The highest BCUT2D eigenvalue weighted by molar-refractivity contribution is 5.85. The fourth-order valence-corrected chi connectivity index (χ4v) is 3.10. The topological polar surface area (TPSA) is 80.3 Å². The number of rotatable bonds is 2. The first-order valence-corrected chi connectivity index (χ1v) is 7.73. The summed E-state index contributed by atoms with van der Waals surface area (Å²) in [6.45, 7) is 3.78. The van der Waals surface area contributed by atoms with Crippen LogP contribution in [0.4, 0.5) is 0 Å². The van der Waals surface area contributed by atoms with Crippen molar-refractivity contribution in [1.29, 1.82) is 0 Å². The van der Waals surface area contributed by atoms with Gasteiger partial charge in [0, 0.05) is 12.1 Å². The lowest BCUT2D eigenvalue weighted by Crippen LogP contribution is -2.44. The zero-order valence-electron chi connectivity index (χ0n) is 12.9. The Morgan fingerprint density at radius 2 is 2.26 bits per heavy atom. The normalized spacial score (nSPS) is 23.4. The average Bonchev–Trinajstić information content (AvgIpc) is 3.20. The molecular weight excluding hydrogens is 296 g/mol. The molecule has 0 saturated carbocycles. The minimum Gasteiger partial charge on any atom is -0.492 e. The molecule has 23 heavy (non-hydrogen) atoms. The molecule has 2 aliphatic heterocycles. The highest BCUT2D eigenvalue weighted by Crippen LogP contribution is 2.35. The molecule has 1 N–H and O–H groups in total. The Labute approximate surface area is 133 Å². The number of H-pyrrole nitrogens is 1. The molecule has 7 nitrogen and oxygen atoms in total. The van der Waals surface area contributed by atoms with Gasteiger partial charge in [-0.1, -0.05) is 18.2 Å². The van der Waals surface area contributed by atoms with Gasteiger partial charge in [-0.25, -0.2) is 4.98 Å². The van der Waals surface area contributed by atoms with Crippen molar-refractivity contribution in [2.24, 2.45) is 0 Å². The number of aryl methyl sites for hydroxylation is 1. The first-order chi connectivity index (χ1) is 11.2. The summed E-state index contributed by atoms with van der Waals surface area (Å²) < 4.78 is 11.3. The lowest BCUT2D eigenvalue weighted by molar-refractivity contribution is -0.141. The van der Waals surface area contributed by atoms with Gasteiger partial charge in [0.1, 0.15) is 30.2 Å². The van der Waals surface area contributed by atoms with Gasteiger partial charge in [-0.15, -0.1) is 0 Å². The second-order valence-corrected chi connectivity index (χ2v) is 5.82. The summed E-state index contributed by atoms with van der Waals surface area (Å²) in [6, 6.07) is 7.72. The Morgan fingerprint density at radius 1 is 1.39 bits per heavy atom. The summed E-state index contributed by atoms with van der Waals surface area (Å²) in [4.78, 5) is 19.0. The number of aromatic nitrogens is 3. The van der Waals surface area contributed by atoms with E-state index in [1.165, 1.54) is 0 Å². The van der Waals surface area contributed by atoms with Gasteiger partial charge < -0.3 is 14.4 Å². The first-order valence-electron chi connectivity index (χ1n) is 7.73. The molecule has 3 heterocycles. The standard InChI is InChI=1S/C16H18N4O3/c1-10-17-15(19-18-10)14-8-20(6-7-22-14)16(21)12-9-23-13-5-3-2-4-11(12)13/h2-5,12,14H,6-9H2,1H3,(H,17,18,19)/t12-,14-/m1/s1. The van der Waals surface area contributed by atoms with Crippen molar-refractivity contribution < 1.29 is 14.3 Å². The van der Waals surface area contributed by atoms with Gasteiger partial charge in [0.25, 0.3) is 0 Å². The summed E-state index contributed by atoms with van der Waals surface area (Å²) in [7, 11) is 0. The third-order valence-corrected chi connectivity index (χ3v) is 4.28. The molecule has 4 rings (SSSR count). The van der Waals surface area contributed by atoms with E-state index < -0.39 is 0 Å². The van der Waals surface area contributed by atoms with Crippen LogP contribution in [0.15, 0.2) is 24.3 Å². The molecule has 1 aromatic heterocycles. The minimum atomic E-state index is -0.282. The predicted octanol–water partition coefficient (Wildman–Crippen LogP) is 1.19. The molecule has 1 fully saturated rings. The number of hydrogen-bond donors (Lipinski definition) is 1. The van der Waals surface area contributed by atoms with E-state index in [2.05, 4.69) is 15.2 Å². The van der Waals surface area contributed by atoms with Crippen LogP contribution in [0, 0.1) is 6.92 Å². The Bertz CT molecular complexity index is 730. The highest BCUT2D eigenvalue weighted by Gasteiger charge is 2.36. The monoisotopic (exact) mass is 314 g/mol. The van der Waals surface area contributed by atoms with Crippen LogP contribution in [-0.2, 0) is 9.53 Å². The number of para-hydroxylation sites is 1. The number of nitrogens with zero attached hydrogens (tertiary/aromatic N) is 3. The number of fused-ring (bicyclic) bond motifs is 1. The Morgan fingerprint density at radius 3 is 3.09 bits per heavy atom. The number of aromatic amines is 1. The molecule has 2 atom stereocenters. The molecule has 120 valence electrons. The molecule has 0 bridgehead atoms. The SMILES string of the molecule is Cc1nc([C@H]2CN(C(=O)[C@@H]3COc4ccccc43)CCO2)n[nH]1. The van der Waals surface area contributed by atoms with Gasteiger partial charge in [-0.05, 0) is 13.0 Å². The first kappa shape index (κ1) is 14.2. The summed E-state index contributed by atoms with van der Waals surface area (Å²) >= 11 is 0. The van der Waals surface area contributed by atoms with Crippen molar-refractivity contribution >= 4 is 5.91 Å². The number of nitrogens with one attached hydrogen (secondary N) is 1. The Hall–Kier alpha value is -2.41. The summed E-state index contributed by atoms with van der Waals surface area (Å²) in [5.41, 5.74) is 0.967. The fraction of sp³-hybridized carbons (Fsp3) is 0.438. The fourth-order valence-electron chi connectivity index (χ4n) is 3.10. The van der Waals surface area contributed by atoms with Gasteiger partial charge in [-0.3, -0.25) is 9.89 Å². The molecular formula is C16H18N4O3. The number of amides is 1. The van der Waals surface area contributed by atoms with Crippen LogP contribution >= 0.6 is 0 Å². The summed E-state index contributed by atoms with van der Waals surface area (Å²) in [5, 5.41) is 6.96. The molecule has 2 aromatic rings. The minimum absolute atomic E-state index is 0.0792. The van der Waals surface area contributed by atoms with Crippen LogP contribution in [-0.4, -0.2) is 52.3 Å². The zero-order chi connectivity index (χ0) is 15.8. The van der Waals surface area contributed by atoms with Crippen molar-refractivity contribution in [3.8, 4) is 5.75 Å². The average molecular weight is 314 g/mol. The van der Waals surface area contributed by atoms with Crippen molar-refractivity contribution in [2.75, 3.05) is 26.3 Å². The van der Waals surface area contributed by atoms with Gasteiger partial charge >= 0.3 is 0 Å². The van der Waals surface area contributed by atoms with Crippen LogP contribution < -0.4 is 4.74 Å². The predicted molar refractivity (Wildman–Crippen MR) is 81.1 cm³/mol. The van der Waals surface area contributed by atoms with E-state index in [1.807, 2.05) is 36.1 Å². The van der Waals surface area contributed by atoms with Crippen LogP contribution in [0.3, 0.4) is 0 Å². The maximum atomic E-state index is 12.9. The highest BCUT2D eigenvalue weighted by atomic mass is 16.5.